The first-order chi connectivity index (χ1) is 9.47. The number of nitrogens with one attached hydrogen (secondary N) is 1. The molecule has 1 aromatic rings. The summed E-state index contributed by atoms with van der Waals surface area (Å²) in [7, 11) is 0. The second-order valence-electron chi connectivity index (χ2n) is 4.76. The van der Waals surface area contributed by atoms with Crippen molar-refractivity contribution >= 4 is 28.5 Å². The number of carboxylic acids is 1. The molecule has 0 aliphatic carbocycles. The number of amides is 2. The number of thiazole rings is 1. The number of carbonyl (C=O) groups is 2. The van der Waals surface area contributed by atoms with Gasteiger partial charge in [-0.05, 0) is 13.8 Å². The van der Waals surface area contributed by atoms with Crippen LogP contribution in [0.2, 0.25) is 0 Å². The van der Waals surface area contributed by atoms with Gasteiger partial charge in [0.15, 0.2) is 5.13 Å². The number of hydrogen-bond acceptors (Lipinski definition) is 5. The fourth-order valence-corrected chi connectivity index (χ4v) is 2.73. The van der Waals surface area contributed by atoms with E-state index in [2.05, 4.69) is 10.3 Å². The Labute approximate surface area is 121 Å². The minimum absolute atomic E-state index is 0.179. The summed E-state index contributed by atoms with van der Waals surface area (Å²) in [6.45, 7) is 5.71. The van der Waals surface area contributed by atoms with E-state index >= 15 is 0 Å². The minimum Gasteiger partial charge on any atom is -0.480 e. The number of carboxylic acid groups (broad SMARTS) is 1. The SMILES string of the molecule is Cc1csc(NC(=O)N2CCN(C(C)C(=O)O)CC2)n1. The summed E-state index contributed by atoms with van der Waals surface area (Å²) < 4.78 is 0. The maximum absolute atomic E-state index is 12.0. The van der Waals surface area contributed by atoms with Gasteiger partial charge in [0.2, 0.25) is 0 Å². The van der Waals surface area contributed by atoms with Gasteiger partial charge < -0.3 is 10.0 Å². The van der Waals surface area contributed by atoms with Crippen LogP contribution in [0.4, 0.5) is 9.93 Å². The van der Waals surface area contributed by atoms with Crippen LogP contribution in [0.15, 0.2) is 5.38 Å². The van der Waals surface area contributed by atoms with Crippen LogP contribution in [0.5, 0.6) is 0 Å². The van der Waals surface area contributed by atoms with E-state index in [1.807, 2.05) is 17.2 Å². The Morgan fingerprint density at radius 3 is 2.55 bits per heavy atom. The van der Waals surface area contributed by atoms with Gasteiger partial charge in [0.05, 0.1) is 5.69 Å². The Kier molecular flexibility index (Phi) is 4.56. The third kappa shape index (κ3) is 3.45. The third-order valence-electron chi connectivity index (χ3n) is 3.34. The zero-order chi connectivity index (χ0) is 14.7. The number of aromatic nitrogens is 1. The molecule has 110 valence electrons. The average molecular weight is 298 g/mol. The minimum atomic E-state index is -0.832. The summed E-state index contributed by atoms with van der Waals surface area (Å²) in [6, 6.07) is -0.691. The molecule has 20 heavy (non-hydrogen) atoms. The molecule has 2 N–H and O–H groups in total. The summed E-state index contributed by atoms with van der Waals surface area (Å²) in [5.74, 6) is -0.832. The highest BCUT2D eigenvalue weighted by atomic mass is 32.1. The Morgan fingerprint density at radius 2 is 2.05 bits per heavy atom. The maximum atomic E-state index is 12.0. The Bertz CT molecular complexity index is 497. The molecule has 0 spiro atoms. The van der Waals surface area contributed by atoms with Crippen LogP contribution in [0, 0.1) is 6.92 Å². The lowest BCUT2D eigenvalue weighted by atomic mass is 10.2. The van der Waals surface area contributed by atoms with Crippen molar-refractivity contribution in [2.24, 2.45) is 0 Å². The zero-order valence-electron chi connectivity index (χ0n) is 11.5. The first-order valence-electron chi connectivity index (χ1n) is 6.42. The molecule has 1 aliphatic rings. The van der Waals surface area contributed by atoms with E-state index in [1.54, 1.807) is 11.8 Å². The van der Waals surface area contributed by atoms with Crippen molar-refractivity contribution in [1.29, 1.82) is 0 Å². The molecule has 1 atom stereocenters. The Morgan fingerprint density at radius 1 is 1.40 bits per heavy atom. The van der Waals surface area contributed by atoms with Gasteiger partial charge >= 0.3 is 12.0 Å². The van der Waals surface area contributed by atoms with E-state index in [0.29, 0.717) is 31.3 Å². The number of anilines is 1. The monoisotopic (exact) mass is 298 g/mol. The number of piperazine rings is 1. The molecular formula is C12H18N4O3S. The lowest BCUT2D eigenvalue weighted by Crippen LogP contribution is -2.53. The van der Waals surface area contributed by atoms with Crippen molar-refractivity contribution in [3.63, 3.8) is 0 Å². The third-order valence-corrected chi connectivity index (χ3v) is 4.22. The van der Waals surface area contributed by atoms with Gasteiger partial charge in [-0.3, -0.25) is 15.0 Å². The van der Waals surface area contributed by atoms with E-state index in [-0.39, 0.29) is 6.03 Å². The topological polar surface area (TPSA) is 85.8 Å². The van der Waals surface area contributed by atoms with Gasteiger partial charge in [0.25, 0.3) is 0 Å². The molecule has 0 bridgehead atoms. The van der Waals surface area contributed by atoms with Crippen molar-refractivity contribution in [3.8, 4) is 0 Å². The van der Waals surface area contributed by atoms with Gasteiger partial charge in [-0.15, -0.1) is 11.3 Å². The zero-order valence-corrected chi connectivity index (χ0v) is 12.3. The summed E-state index contributed by atoms with van der Waals surface area (Å²) in [5.41, 5.74) is 0.880. The van der Waals surface area contributed by atoms with Crippen LogP contribution in [0.3, 0.4) is 0 Å². The highest BCUT2D eigenvalue weighted by Crippen LogP contribution is 2.15. The lowest BCUT2D eigenvalue weighted by Gasteiger charge is -2.36. The average Bonchev–Trinajstić information content (AvgIpc) is 2.83. The number of aliphatic carboxylic acids is 1. The highest BCUT2D eigenvalue weighted by Gasteiger charge is 2.27. The molecular weight excluding hydrogens is 280 g/mol. The van der Waals surface area contributed by atoms with Gasteiger partial charge in [0.1, 0.15) is 6.04 Å². The molecule has 2 heterocycles. The second-order valence-corrected chi connectivity index (χ2v) is 5.62. The fourth-order valence-electron chi connectivity index (χ4n) is 2.05. The predicted octanol–water partition coefficient (Wildman–Crippen LogP) is 1.07. The first-order valence-corrected chi connectivity index (χ1v) is 7.30. The lowest BCUT2D eigenvalue weighted by molar-refractivity contribution is -0.143. The van der Waals surface area contributed by atoms with Gasteiger partial charge in [0, 0.05) is 31.6 Å². The van der Waals surface area contributed by atoms with Gasteiger partial charge in [-0.2, -0.15) is 0 Å². The molecule has 1 fully saturated rings. The van der Waals surface area contributed by atoms with Crippen molar-refractivity contribution in [1.82, 2.24) is 14.8 Å². The molecule has 8 heteroatoms. The first kappa shape index (κ1) is 14.7. The molecule has 0 aromatic carbocycles. The van der Waals surface area contributed by atoms with Gasteiger partial charge in [-0.25, -0.2) is 9.78 Å². The molecule has 0 radical (unpaired) electrons. The number of nitrogens with zero attached hydrogens (tertiary/aromatic N) is 3. The quantitative estimate of drug-likeness (QED) is 0.872. The molecule has 2 amide bonds. The number of carbonyl (C=O) groups excluding carboxylic acids is 1. The normalized spacial score (nSPS) is 17.8. The van der Waals surface area contributed by atoms with Crippen molar-refractivity contribution in [2.75, 3.05) is 31.5 Å². The molecule has 0 saturated carbocycles. The molecule has 1 unspecified atom stereocenters. The smallest absolute Gasteiger partial charge is 0.323 e. The largest absolute Gasteiger partial charge is 0.480 e. The molecule has 1 aromatic heterocycles. The second kappa shape index (κ2) is 6.19. The summed E-state index contributed by atoms with van der Waals surface area (Å²) in [5, 5.41) is 14.2. The van der Waals surface area contributed by atoms with E-state index in [9.17, 15) is 9.59 Å². The summed E-state index contributed by atoms with van der Waals surface area (Å²) >= 11 is 1.39. The Balaban J connectivity index is 1.84. The molecule has 7 nitrogen and oxygen atoms in total. The number of rotatable bonds is 3. The predicted molar refractivity (Wildman–Crippen MR) is 76.1 cm³/mol. The van der Waals surface area contributed by atoms with E-state index in [1.165, 1.54) is 11.3 Å². The maximum Gasteiger partial charge on any atom is 0.323 e. The Hall–Kier alpha value is -1.67. The standard InChI is InChI=1S/C12H18N4O3S/c1-8-7-20-11(13-8)14-12(19)16-5-3-15(4-6-16)9(2)10(17)18/h7,9H,3-6H2,1-2H3,(H,17,18)(H,13,14,19). The highest BCUT2D eigenvalue weighted by molar-refractivity contribution is 7.13. The molecule has 1 aliphatic heterocycles. The molecule has 2 rings (SSSR count). The van der Waals surface area contributed by atoms with Crippen LogP contribution in [0.25, 0.3) is 0 Å². The summed E-state index contributed by atoms with van der Waals surface area (Å²) in [6.07, 6.45) is 0. The number of hydrogen-bond donors (Lipinski definition) is 2. The van der Waals surface area contributed by atoms with Crippen LogP contribution in [-0.2, 0) is 4.79 Å². The van der Waals surface area contributed by atoms with Crippen molar-refractivity contribution < 1.29 is 14.7 Å². The fraction of sp³-hybridized carbons (Fsp3) is 0.583. The van der Waals surface area contributed by atoms with E-state index in [4.69, 9.17) is 5.11 Å². The van der Waals surface area contributed by atoms with Gasteiger partial charge in [-0.1, -0.05) is 0 Å². The van der Waals surface area contributed by atoms with Crippen LogP contribution < -0.4 is 5.32 Å². The van der Waals surface area contributed by atoms with E-state index < -0.39 is 12.0 Å². The van der Waals surface area contributed by atoms with Crippen LogP contribution >= 0.6 is 11.3 Å². The summed E-state index contributed by atoms with van der Waals surface area (Å²) in [4.78, 5) is 30.7. The van der Waals surface area contributed by atoms with Crippen molar-refractivity contribution in [2.45, 2.75) is 19.9 Å². The van der Waals surface area contributed by atoms with Crippen molar-refractivity contribution in [3.05, 3.63) is 11.1 Å². The van der Waals surface area contributed by atoms with Crippen LogP contribution in [-0.4, -0.2) is 64.1 Å². The number of urea groups is 1. The molecule has 1 saturated heterocycles. The van der Waals surface area contributed by atoms with E-state index in [0.717, 1.165) is 5.69 Å². The van der Waals surface area contributed by atoms with Crippen LogP contribution in [0.1, 0.15) is 12.6 Å². The number of aryl methyl sites for hydroxylation is 1.